The van der Waals surface area contributed by atoms with E-state index in [0.717, 1.165) is 79.9 Å². The minimum Gasteiger partial charge on any atom is -0.423 e. The first kappa shape index (κ1) is 124. The van der Waals surface area contributed by atoms with Crippen LogP contribution in [0.2, 0.25) is 44.4 Å². The fourth-order valence-electron chi connectivity index (χ4n) is 6.79. The largest absolute Gasteiger partial charge is 0.488 e. The maximum absolute atomic E-state index is 13.0. The third kappa shape index (κ3) is 49.7. The van der Waals surface area contributed by atoms with E-state index in [9.17, 15) is 83.6 Å². The summed E-state index contributed by atoms with van der Waals surface area (Å²) in [5, 5.41) is 13.2. The number of sulfone groups is 1. The van der Waals surface area contributed by atoms with E-state index in [-0.39, 0.29) is 94.8 Å². The van der Waals surface area contributed by atoms with Crippen LogP contribution in [0.15, 0.2) is 167 Å². The van der Waals surface area contributed by atoms with Gasteiger partial charge < -0.3 is 15.0 Å². The van der Waals surface area contributed by atoms with Gasteiger partial charge in [0.25, 0.3) is 5.56 Å². The number of aromatic amines is 1. The Labute approximate surface area is 740 Å². The summed E-state index contributed by atoms with van der Waals surface area (Å²) in [4.78, 5) is 45.0. The van der Waals surface area contributed by atoms with E-state index < -0.39 is 108 Å². The monoisotopic (exact) mass is 2040 g/mol. The maximum atomic E-state index is 13.0. The highest BCUT2D eigenvalue weighted by atomic mass is 79.9. The van der Waals surface area contributed by atoms with Crippen LogP contribution in [0.4, 0.5) is 65.9 Å². The van der Waals surface area contributed by atoms with Gasteiger partial charge in [-0.15, -0.1) is 23.9 Å². The summed E-state index contributed by atoms with van der Waals surface area (Å²) in [5.41, 5.74) is 3.62. The number of thioether (sulfide) groups is 4. The average molecular weight is 2050 g/mol. The van der Waals surface area contributed by atoms with E-state index in [4.69, 9.17) is 34.5 Å². The molecule has 0 amide bonds. The number of hydrogen-bond donors (Lipinski definition) is 3. The van der Waals surface area contributed by atoms with Crippen molar-refractivity contribution >= 4 is 168 Å². The van der Waals surface area contributed by atoms with Gasteiger partial charge in [-0.3, -0.25) is 9.36 Å². The van der Waals surface area contributed by atoms with Gasteiger partial charge in [-0.2, -0.15) is 65.9 Å². The molecule has 0 spiro atoms. The van der Waals surface area contributed by atoms with Gasteiger partial charge >= 0.3 is 43.2 Å². The molecule has 0 radical (unpaired) electrons. The van der Waals surface area contributed by atoms with E-state index in [1.165, 1.54) is 30.5 Å². The Morgan fingerprint density at radius 3 is 1.08 bits per heavy atom. The van der Waals surface area contributed by atoms with Crippen LogP contribution < -0.4 is 11.0 Å². The second-order valence-electron chi connectivity index (χ2n) is 23.2. The summed E-state index contributed by atoms with van der Waals surface area (Å²) in [5.74, 6) is 5.48. The first-order valence-electron chi connectivity index (χ1n) is 30.0. The van der Waals surface area contributed by atoms with Gasteiger partial charge in [0.15, 0.2) is 32.0 Å². The van der Waals surface area contributed by atoms with Crippen LogP contribution in [-0.4, -0.2) is 123 Å². The molecule has 0 bridgehead atoms. The lowest BCUT2D eigenvalue weighted by atomic mass is 9.81. The second kappa shape index (κ2) is 54.5. The Morgan fingerprint density at radius 2 is 0.773 bits per heavy atom. The number of benzene rings is 4. The number of rotatable bonds is 9. The van der Waals surface area contributed by atoms with Crippen molar-refractivity contribution in [3.8, 4) is 69.5 Å². The highest BCUT2D eigenvalue weighted by Gasteiger charge is 2.38. The van der Waals surface area contributed by atoms with E-state index in [2.05, 4.69) is 178 Å². The van der Waals surface area contributed by atoms with Crippen molar-refractivity contribution < 1.29 is 88.9 Å². The number of nitrogens with one attached hydrogen (secondary N) is 1. The van der Waals surface area contributed by atoms with E-state index >= 15 is 0 Å². The van der Waals surface area contributed by atoms with E-state index in [0.29, 0.717) is 45.9 Å². The molecule has 119 heavy (non-hydrogen) atoms. The second-order valence-corrected chi connectivity index (χ2v) is 46.6. The Balaban J connectivity index is -0.000000315. The van der Waals surface area contributed by atoms with Crippen molar-refractivity contribution in [1.82, 2.24) is 49.8 Å². The predicted octanol–water partition coefficient (Wildman–Crippen LogP) is 25.6. The van der Waals surface area contributed by atoms with Gasteiger partial charge in [-0.05, 0) is 131 Å². The molecule has 0 aliphatic rings. The molecule has 9 rings (SSSR count). The van der Waals surface area contributed by atoms with Crippen molar-refractivity contribution in [2.75, 3.05) is 31.3 Å². The summed E-state index contributed by atoms with van der Waals surface area (Å²) < 4.78 is 223. The number of hydrogen-bond acceptors (Lipinski definition) is 19. The summed E-state index contributed by atoms with van der Waals surface area (Å²) in [7, 11) is -7.92. The molecule has 0 saturated carbocycles. The zero-order valence-corrected chi connectivity index (χ0v) is 72.5. The molecular formula is C73H87BBr2Cl4F15N10O6PS5Si2. The molecule has 0 aliphatic carbocycles. The van der Waals surface area contributed by atoms with Crippen LogP contribution >= 0.6 is 129 Å². The quantitative estimate of drug-likeness (QED) is 0.0231. The number of halogens is 21. The molecule has 0 atom stereocenters. The molecule has 5 heterocycles. The molecule has 3 N–H and O–H groups in total. The molecule has 0 unspecified atom stereocenters. The minimum atomic E-state index is -4.78. The summed E-state index contributed by atoms with van der Waals surface area (Å²) in [6.07, 6.45) is -5.35. The van der Waals surface area contributed by atoms with E-state index in [1.807, 2.05) is 0 Å². The number of alkyl halides is 15. The minimum absolute atomic E-state index is 0. The van der Waals surface area contributed by atoms with Crippen molar-refractivity contribution in [2.45, 2.75) is 148 Å². The third-order valence-electron chi connectivity index (χ3n) is 11.9. The van der Waals surface area contributed by atoms with Crippen molar-refractivity contribution in [2.24, 2.45) is 0 Å². The molecule has 4 aromatic carbocycles. The number of terminal acetylenes is 2. The molecule has 16 nitrogen and oxygen atoms in total. The standard InChI is InChI=1S/C17H17F3N2SSi.C14H9F3N2O2S.C12H8BrF3N2S.C6H6BBrO2.C6H4ClF3N2S.C6H5F3N2OS.C5H10Si.7CH4.Cl3OP/c1-23-16-21-14(11-15(22-16)17(18,19)20)13-7-5-12(6-8-13)9-10-24(2,3)4;1-3-9-4-6-10(7-5-9)11-8-12(14(15,16)17)19-13(18-11)22(2,20)21;1-19-11-17-9(6-10(18-11)12(14,15)16)7-2-4-8(13)5-3-7;8-6-3-1-5(2-4-6)7(9)10;1-13-5-11-3(6(8,9)10)2-4(7)12-5;1-13-5-10-3(6(7,8)9)2-4(12)11-5;1-5-6(2,3)4;;;;;;;;1-5(2,3)4/h5-8,11H,1-4H3;1,4-8H,2H3;2-6H,1H3;1-4,9-10H;2H,1H3;2H,1H3,(H,10,11,12);1H,2-4H3;7*1H4;. The molecule has 5 aromatic heterocycles. The van der Waals surface area contributed by atoms with Crippen molar-refractivity contribution in [3.63, 3.8) is 0 Å². The van der Waals surface area contributed by atoms with Crippen LogP contribution in [0.3, 0.4) is 0 Å². The number of aromatic nitrogens is 10. The van der Waals surface area contributed by atoms with Crippen LogP contribution in [-0.2, 0) is 45.3 Å². The molecule has 9 aromatic rings. The first-order chi connectivity index (χ1) is 51.2. The zero-order valence-electron chi connectivity index (χ0n) is 59.3. The topological polar surface area (TPSA) is 241 Å². The van der Waals surface area contributed by atoms with Gasteiger partial charge in [0, 0.05) is 55.2 Å². The fraction of sp³-hybridized carbons (Fsp3) is 0.315. The third-order valence-corrected chi connectivity index (χ3v) is 17.9. The Morgan fingerprint density at radius 1 is 0.471 bits per heavy atom. The smallest absolute Gasteiger partial charge is 0.423 e. The average Bonchev–Trinajstić information content (AvgIpc) is 0.799. The lowest BCUT2D eigenvalue weighted by molar-refractivity contribution is -0.142. The Bertz CT molecular complexity index is 4990. The fourth-order valence-corrected chi connectivity index (χ4v) is 10.1. The van der Waals surface area contributed by atoms with Gasteiger partial charge in [-0.1, -0.05) is 242 Å². The summed E-state index contributed by atoms with van der Waals surface area (Å²) in [6.45, 7) is 12.9. The Kier molecular flexibility index (Phi) is 56.6. The molecule has 0 fully saturated rings. The van der Waals surface area contributed by atoms with E-state index in [1.54, 1.807) is 91.6 Å². The highest BCUT2D eigenvalue weighted by Crippen LogP contribution is 2.61. The van der Waals surface area contributed by atoms with Gasteiger partial charge in [0.2, 0.25) is 15.0 Å². The zero-order chi connectivity index (χ0) is 85.9. The van der Waals surface area contributed by atoms with Crippen molar-refractivity contribution in [3.05, 3.63) is 191 Å². The molecular weight excluding hydrogens is 1960 g/mol. The SMILES string of the molecule is C.C.C.C.C.C.C.C#C[Si](C)(C)C.C#Cc1ccc(-c2cc(C(F)(F)F)nc(S(C)(=O)=O)n2)cc1.CSc1nc(-c2ccc(Br)cc2)cc(C(F)(F)F)n1.CSc1nc(-c2ccc(C#C[Si](C)(C)C)cc2)cc(C(F)(F)F)n1.CSc1nc(C(F)(F)F)cc(=O)[nH]1.CSc1nc(Cl)cc(C(F)(F)F)n1.O=P(Cl)(Cl)Cl.OB(O)c1ccc(Br)cc1. The van der Waals surface area contributed by atoms with Gasteiger partial charge in [-0.25, -0.2) is 53.3 Å². The van der Waals surface area contributed by atoms with Crippen LogP contribution in [0.5, 0.6) is 0 Å². The molecule has 658 valence electrons. The lowest BCUT2D eigenvalue weighted by Crippen LogP contribution is -2.29. The lowest BCUT2D eigenvalue weighted by Gasteiger charge is -2.10. The first-order valence-corrected chi connectivity index (χ1v) is 50.2. The van der Waals surface area contributed by atoms with Crippen molar-refractivity contribution in [1.29, 1.82) is 0 Å². The van der Waals surface area contributed by atoms with Gasteiger partial charge in [0.05, 0.1) is 17.1 Å². The highest BCUT2D eigenvalue weighted by molar-refractivity contribution is 9.10. The molecule has 0 saturated heterocycles. The molecule has 0 aliphatic heterocycles. The summed E-state index contributed by atoms with van der Waals surface area (Å²) >= 11 is 29.8. The van der Waals surface area contributed by atoms with Gasteiger partial charge in [0.1, 0.15) is 38.4 Å². The predicted molar refractivity (Wildman–Crippen MR) is 474 cm³/mol. The van der Waals surface area contributed by atoms with Crippen LogP contribution in [0.1, 0.15) is 91.6 Å². The normalized spacial score (nSPS) is 10.8. The number of H-pyrrole nitrogens is 1. The van der Waals surface area contributed by atoms with Crippen LogP contribution in [0, 0.1) is 35.8 Å². The van der Waals surface area contributed by atoms with Crippen LogP contribution in [0.25, 0.3) is 33.8 Å². The summed E-state index contributed by atoms with van der Waals surface area (Å²) in [6, 6.07) is 30.5. The Hall–Kier alpha value is -6.17. The molecule has 46 heteroatoms. The number of nitrogens with zero attached hydrogens (tertiary/aromatic N) is 9. The maximum Gasteiger partial charge on any atom is 0.488 e.